The normalized spacial score (nSPS) is 13.1. The molecule has 0 unspecified atom stereocenters. The molecule has 2 aromatic heterocycles. The van der Waals surface area contributed by atoms with Gasteiger partial charge in [-0.2, -0.15) is 0 Å². The van der Waals surface area contributed by atoms with Crippen molar-refractivity contribution in [1.82, 2.24) is 14.9 Å². The number of benzene rings is 4. The molecule has 3 amide bonds. The third-order valence-electron chi connectivity index (χ3n) is 7.89. The first-order valence-corrected chi connectivity index (χ1v) is 15.0. The molecule has 0 saturated carbocycles. The lowest BCUT2D eigenvalue weighted by molar-refractivity contribution is 0.0827. The highest BCUT2D eigenvalue weighted by molar-refractivity contribution is 6.01. The maximum absolute atomic E-state index is 12.7. The molecule has 4 aromatic carbocycles. The zero-order chi connectivity index (χ0) is 31.6. The molecule has 3 heterocycles. The van der Waals surface area contributed by atoms with Gasteiger partial charge in [-0.15, -0.1) is 0 Å². The Morgan fingerprint density at radius 1 is 0.783 bits per heavy atom. The van der Waals surface area contributed by atoms with Gasteiger partial charge in [-0.05, 0) is 72.8 Å². The summed E-state index contributed by atoms with van der Waals surface area (Å²) in [6, 6.07) is 30.0. The first kappa shape index (κ1) is 29.0. The first-order valence-electron chi connectivity index (χ1n) is 15.0. The summed E-state index contributed by atoms with van der Waals surface area (Å²) < 4.78 is 11.8. The van der Waals surface area contributed by atoms with E-state index in [1.54, 1.807) is 38.4 Å². The summed E-state index contributed by atoms with van der Waals surface area (Å²) in [4.78, 5) is 38.6. The number of amides is 3. The Morgan fingerprint density at radius 3 is 2.15 bits per heavy atom. The summed E-state index contributed by atoms with van der Waals surface area (Å²) >= 11 is 0. The van der Waals surface area contributed by atoms with Crippen LogP contribution in [0, 0.1) is 0 Å². The average Bonchev–Trinajstić information content (AvgIpc) is 3.53. The van der Waals surface area contributed by atoms with E-state index >= 15 is 0 Å². The molecule has 1 fully saturated rings. The lowest BCUT2D eigenvalue weighted by Gasteiger charge is -2.29. The molecule has 10 nitrogen and oxygen atoms in total. The van der Waals surface area contributed by atoms with Crippen molar-refractivity contribution in [3.05, 3.63) is 103 Å². The zero-order valence-corrected chi connectivity index (χ0v) is 25.5. The van der Waals surface area contributed by atoms with Gasteiger partial charge in [-0.25, -0.2) is 14.8 Å². The van der Waals surface area contributed by atoms with Crippen LogP contribution in [0.25, 0.3) is 44.6 Å². The predicted molar refractivity (Wildman–Crippen MR) is 180 cm³/mol. The van der Waals surface area contributed by atoms with Crippen LogP contribution in [-0.2, 0) is 4.74 Å². The maximum Gasteiger partial charge on any atom is 0.323 e. The molecule has 1 aliphatic rings. The summed E-state index contributed by atoms with van der Waals surface area (Å²) in [5.74, 6) is 2.12. The summed E-state index contributed by atoms with van der Waals surface area (Å²) in [5.41, 5.74) is 5.14. The van der Waals surface area contributed by atoms with E-state index in [0.717, 1.165) is 57.7 Å². The monoisotopic (exact) mass is 612 g/mol. The Morgan fingerprint density at radius 2 is 1.46 bits per heavy atom. The topological polar surface area (TPSA) is 113 Å². The van der Waals surface area contributed by atoms with Crippen LogP contribution >= 0.6 is 0 Å². The lowest BCUT2D eigenvalue weighted by atomic mass is 10.1. The summed E-state index contributed by atoms with van der Waals surface area (Å²) in [6.07, 6.45) is 0. The van der Waals surface area contributed by atoms with Gasteiger partial charge in [0.1, 0.15) is 17.2 Å². The SMILES string of the molecule is CN(C)C(=O)c1ccc(NC(=O)Nc2ccc(-c3nc(N4CCOCC4)c4ccc(-c5cc6ccccc6o5)cc4n3)cc2)cc1. The van der Waals surface area contributed by atoms with E-state index in [2.05, 4.69) is 27.7 Å². The Kier molecular flexibility index (Phi) is 7.78. The van der Waals surface area contributed by atoms with Crippen molar-refractivity contribution in [1.29, 1.82) is 0 Å². The Balaban J connectivity index is 1.14. The van der Waals surface area contributed by atoms with Crippen LogP contribution in [0.2, 0.25) is 0 Å². The number of hydrogen-bond donors (Lipinski definition) is 2. The molecule has 6 aromatic rings. The Bertz CT molecular complexity index is 2020. The highest BCUT2D eigenvalue weighted by atomic mass is 16.5. The zero-order valence-electron chi connectivity index (χ0n) is 25.5. The second kappa shape index (κ2) is 12.3. The van der Waals surface area contributed by atoms with Crippen LogP contribution in [-0.4, -0.2) is 67.2 Å². The third-order valence-corrected chi connectivity index (χ3v) is 7.89. The fourth-order valence-corrected chi connectivity index (χ4v) is 5.49. The molecule has 7 rings (SSSR count). The number of aromatic nitrogens is 2. The number of hydrogen-bond acceptors (Lipinski definition) is 7. The van der Waals surface area contributed by atoms with Gasteiger partial charge in [0, 0.05) is 66.0 Å². The number of urea groups is 1. The van der Waals surface area contributed by atoms with Gasteiger partial charge in [0.15, 0.2) is 5.82 Å². The largest absolute Gasteiger partial charge is 0.456 e. The van der Waals surface area contributed by atoms with E-state index in [9.17, 15) is 9.59 Å². The van der Waals surface area contributed by atoms with E-state index in [-0.39, 0.29) is 5.91 Å². The minimum atomic E-state index is -0.394. The number of anilines is 3. The Labute approximate surface area is 265 Å². The standard InChI is InChI=1S/C36H32N6O4/c1-41(2)35(43)24-9-14-28(15-10-24)38-36(44)37-27-12-7-23(8-13-27)33-39-30-21-26(32-22-25-5-3-4-6-31(25)46-32)11-16-29(30)34(40-33)42-17-19-45-20-18-42/h3-16,21-22H,17-20H2,1-2H3,(H2,37,38,44). The van der Waals surface area contributed by atoms with E-state index in [1.807, 2.05) is 60.7 Å². The maximum atomic E-state index is 12.7. The van der Waals surface area contributed by atoms with Crippen molar-refractivity contribution in [2.45, 2.75) is 0 Å². The molecular weight excluding hydrogens is 580 g/mol. The van der Waals surface area contributed by atoms with Crippen LogP contribution in [0.4, 0.5) is 22.0 Å². The molecule has 0 aliphatic carbocycles. The third kappa shape index (κ3) is 5.98. The van der Waals surface area contributed by atoms with Crippen LogP contribution < -0.4 is 15.5 Å². The number of nitrogens with zero attached hydrogens (tertiary/aromatic N) is 4. The summed E-state index contributed by atoms with van der Waals surface area (Å²) in [5, 5.41) is 7.66. The number of para-hydroxylation sites is 1. The first-order chi connectivity index (χ1) is 22.4. The van der Waals surface area contributed by atoms with Gasteiger partial charge in [0.2, 0.25) is 0 Å². The van der Waals surface area contributed by atoms with E-state index in [1.165, 1.54) is 4.90 Å². The van der Waals surface area contributed by atoms with E-state index < -0.39 is 6.03 Å². The second-order valence-electron chi connectivity index (χ2n) is 11.3. The molecule has 2 N–H and O–H groups in total. The molecule has 46 heavy (non-hydrogen) atoms. The van der Waals surface area contributed by atoms with Gasteiger partial charge in [0.05, 0.1) is 18.7 Å². The molecule has 1 aliphatic heterocycles. The van der Waals surface area contributed by atoms with Crippen LogP contribution in [0.5, 0.6) is 0 Å². The molecule has 10 heteroatoms. The molecular formula is C36H32N6O4. The number of rotatable bonds is 6. The quantitative estimate of drug-likeness (QED) is 0.211. The minimum Gasteiger partial charge on any atom is -0.456 e. The lowest BCUT2D eigenvalue weighted by Crippen LogP contribution is -2.37. The van der Waals surface area contributed by atoms with Crippen molar-refractivity contribution < 1.29 is 18.7 Å². The number of morpholine rings is 1. The van der Waals surface area contributed by atoms with E-state index in [0.29, 0.717) is 36.0 Å². The van der Waals surface area contributed by atoms with Gasteiger partial charge >= 0.3 is 6.03 Å². The predicted octanol–water partition coefficient (Wildman–Crippen LogP) is 6.89. The fourth-order valence-electron chi connectivity index (χ4n) is 5.49. The van der Waals surface area contributed by atoms with Crippen molar-refractivity contribution in [2.75, 3.05) is 55.9 Å². The highest BCUT2D eigenvalue weighted by Crippen LogP contribution is 2.34. The molecule has 0 atom stereocenters. The smallest absolute Gasteiger partial charge is 0.323 e. The van der Waals surface area contributed by atoms with Gasteiger partial charge in [-0.1, -0.05) is 24.3 Å². The minimum absolute atomic E-state index is 0.102. The van der Waals surface area contributed by atoms with Gasteiger partial charge < -0.3 is 29.6 Å². The van der Waals surface area contributed by atoms with Crippen molar-refractivity contribution in [3.8, 4) is 22.7 Å². The van der Waals surface area contributed by atoms with Crippen molar-refractivity contribution >= 4 is 51.0 Å². The highest BCUT2D eigenvalue weighted by Gasteiger charge is 2.19. The number of ether oxygens (including phenoxy) is 1. The van der Waals surface area contributed by atoms with Gasteiger partial charge in [0.25, 0.3) is 5.91 Å². The van der Waals surface area contributed by atoms with Crippen molar-refractivity contribution in [2.24, 2.45) is 0 Å². The fraction of sp³-hybridized carbons (Fsp3) is 0.167. The Hall–Kier alpha value is -5.74. The van der Waals surface area contributed by atoms with Crippen LogP contribution in [0.1, 0.15) is 10.4 Å². The number of fused-ring (bicyclic) bond motifs is 2. The molecule has 0 bridgehead atoms. The van der Waals surface area contributed by atoms with E-state index in [4.69, 9.17) is 19.1 Å². The van der Waals surface area contributed by atoms with Crippen molar-refractivity contribution in [3.63, 3.8) is 0 Å². The number of carbonyl (C=O) groups excluding carboxylic acids is 2. The average molecular weight is 613 g/mol. The molecule has 230 valence electrons. The summed E-state index contributed by atoms with van der Waals surface area (Å²) in [6.45, 7) is 2.75. The number of furan rings is 1. The van der Waals surface area contributed by atoms with Crippen LogP contribution in [0.15, 0.2) is 101 Å². The molecule has 0 radical (unpaired) electrons. The number of nitrogens with one attached hydrogen (secondary N) is 2. The molecule has 1 saturated heterocycles. The van der Waals surface area contributed by atoms with Crippen LogP contribution in [0.3, 0.4) is 0 Å². The summed E-state index contributed by atoms with van der Waals surface area (Å²) in [7, 11) is 3.39. The second-order valence-corrected chi connectivity index (χ2v) is 11.3. The number of carbonyl (C=O) groups is 2. The molecule has 0 spiro atoms. The van der Waals surface area contributed by atoms with Gasteiger partial charge in [-0.3, -0.25) is 4.79 Å².